The molecule has 1 aromatic rings. The van der Waals surface area contributed by atoms with Crippen LogP contribution in [0.5, 0.6) is 5.75 Å². The van der Waals surface area contributed by atoms with Crippen molar-refractivity contribution in [2.24, 2.45) is 32.4 Å². The van der Waals surface area contributed by atoms with Gasteiger partial charge < -0.3 is 4.74 Å². The van der Waals surface area contributed by atoms with Gasteiger partial charge in [-0.1, -0.05) is 16.8 Å². The van der Waals surface area contributed by atoms with Crippen molar-refractivity contribution >= 4 is 17.3 Å². The van der Waals surface area contributed by atoms with E-state index in [1.165, 1.54) is 0 Å². The second-order valence-electron chi connectivity index (χ2n) is 6.13. The van der Waals surface area contributed by atoms with Crippen LogP contribution in [0.2, 0.25) is 5.02 Å². The summed E-state index contributed by atoms with van der Waals surface area (Å²) in [5.74, 6) is 1.71. The van der Waals surface area contributed by atoms with Crippen LogP contribution in [0.1, 0.15) is 6.42 Å². The van der Waals surface area contributed by atoms with E-state index in [1.54, 1.807) is 7.11 Å². The van der Waals surface area contributed by atoms with E-state index in [4.69, 9.17) is 16.3 Å². The molecule has 7 heteroatoms. The van der Waals surface area contributed by atoms with Gasteiger partial charge in [-0.2, -0.15) is 15.3 Å². The molecule has 21 heavy (non-hydrogen) atoms. The van der Waals surface area contributed by atoms with Crippen LogP contribution in [-0.2, 0) is 0 Å². The average Bonchev–Trinajstić information content (AvgIpc) is 3.06. The molecule has 0 N–H and O–H groups in total. The molecule has 2 aliphatic heterocycles. The molecule has 0 radical (unpaired) electrons. The summed E-state index contributed by atoms with van der Waals surface area (Å²) in [6, 6.07) is 7.10. The van der Waals surface area contributed by atoms with Gasteiger partial charge in [-0.25, -0.2) is 5.01 Å². The molecular formula is C14H14ClN5O. The maximum atomic E-state index is 6.24. The molecule has 2 fully saturated rings. The molecule has 2 aliphatic carbocycles. The third-order valence-electron chi connectivity index (χ3n) is 5.30. The minimum Gasteiger partial charge on any atom is -0.495 e. The highest BCUT2D eigenvalue weighted by Crippen LogP contribution is 2.56. The zero-order valence-corrected chi connectivity index (χ0v) is 12.2. The minimum atomic E-state index is 0.261. The van der Waals surface area contributed by atoms with Crippen LogP contribution in [0, 0.1) is 11.8 Å². The van der Waals surface area contributed by atoms with Gasteiger partial charge in [-0.15, -0.1) is 0 Å². The van der Waals surface area contributed by atoms with Crippen molar-refractivity contribution in [3.63, 3.8) is 0 Å². The van der Waals surface area contributed by atoms with E-state index in [0.29, 0.717) is 40.7 Å². The summed E-state index contributed by atoms with van der Waals surface area (Å²) >= 11 is 6.24. The van der Waals surface area contributed by atoms with Crippen molar-refractivity contribution < 1.29 is 4.74 Å². The standard InChI is InChI=1S/C14H14ClN5O/c1-21-10-3-2-6(4-9(10)15)20-14-8-5-7(13(14)18-19-20)11-12(8)17-16-11/h2-4,7-8,11-14H,5H2,1H3/t7-,8+,11+,12-,13-,14+/m0/s1. The Labute approximate surface area is 126 Å². The van der Waals surface area contributed by atoms with Gasteiger partial charge in [0.25, 0.3) is 0 Å². The molecular weight excluding hydrogens is 290 g/mol. The Balaban J connectivity index is 1.50. The number of hydrogen-bond donors (Lipinski definition) is 0. The predicted octanol–water partition coefficient (Wildman–Crippen LogP) is 3.13. The Morgan fingerprint density at radius 1 is 1.14 bits per heavy atom. The molecule has 5 rings (SSSR count). The number of benzene rings is 1. The lowest BCUT2D eigenvalue weighted by atomic mass is 9.82. The Morgan fingerprint density at radius 2 is 1.95 bits per heavy atom. The fourth-order valence-corrected chi connectivity index (χ4v) is 4.61. The zero-order chi connectivity index (χ0) is 14.1. The second-order valence-corrected chi connectivity index (χ2v) is 6.53. The Bertz CT molecular complexity index is 677. The second kappa shape index (κ2) is 3.94. The smallest absolute Gasteiger partial charge is 0.137 e. The molecule has 0 saturated heterocycles. The zero-order valence-electron chi connectivity index (χ0n) is 11.4. The molecule has 2 bridgehead atoms. The molecule has 0 spiro atoms. The Hall–Kier alpha value is -1.69. The molecule has 2 heterocycles. The lowest BCUT2D eigenvalue weighted by Gasteiger charge is -2.38. The number of halogens is 1. The third kappa shape index (κ3) is 1.38. The van der Waals surface area contributed by atoms with Crippen molar-refractivity contribution in [2.45, 2.75) is 30.6 Å². The SMILES string of the molecule is COc1ccc(N2N=N[C@H]3[C@H]4C[C@H]([C@@H]5N=N[C@H]45)[C@H]32)cc1Cl. The highest BCUT2D eigenvalue weighted by atomic mass is 35.5. The van der Waals surface area contributed by atoms with E-state index in [2.05, 4.69) is 20.6 Å². The number of azo groups is 1. The van der Waals surface area contributed by atoms with Gasteiger partial charge in [-0.3, -0.25) is 0 Å². The van der Waals surface area contributed by atoms with E-state index in [0.717, 1.165) is 12.1 Å². The number of rotatable bonds is 2. The number of anilines is 1. The highest BCUT2D eigenvalue weighted by molar-refractivity contribution is 6.32. The van der Waals surface area contributed by atoms with E-state index in [1.807, 2.05) is 23.2 Å². The van der Waals surface area contributed by atoms with Crippen molar-refractivity contribution in [1.29, 1.82) is 0 Å². The van der Waals surface area contributed by atoms with Crippen LogP contribution in [-0.4, -0.2) is 31.3 Å². The fraction of sp³-hybridized carbons (Fsp3) is 0.571. The molecule has 2 saturated carbocycles. The quantitative estimate of drug-likeness (QED) is 0.842. The maximum absolute atomic E-state index is 6.24. The van der Waals surface area contributed by atoms with Gasteiger partial charge in [0, 0.05) is 11.8 Å². The van der Waals surface area contributed by atoms with E-state index in [-0.39, 0.29) is 6.04 Å². The largest absolute Gasteiger partial charge is 0.495 e. The van der Waals surface area contributed by atoms with Gasteiger partial charge in [0.05, 0.1) is 23.9 Å². The first kappa shape index (κ1) is 11.9. The summed E-state index contributed by atoms with van der Waals surface area (Å²) in [4.78, 5) is 0. The number of hydrogen-bond acceptors (Lipinski definition) is 6. The molecule has 0 aromatic heterocycles. The molecule has 4 aliphatic rings. The monoisotopic (exact) mass is 303 g/mol. The van der Waals surface area contributed by atoms with Gasteiger partial charge in [0.1, 0.15) is 23.9 Å². The van der Waals surface area contributed by atoms with Crippen LogP contribution in [0.4, 0.5) is 5.69 Å². The van der Waals surface area contributed by atoms with Crippen molar-refractivity contribution in [3.05, 3.63) is 23.2 Å². The lowest BCUT2D eigenvalue weighted by Crippen LogP contribution is -2.52. The predicted molar refractivity (Wildman–Crippen MR) is 76.9 cm³/mol. The molecule has 0 unspecified atom stereocenters. The van der Waals surface area contributed by atoms with Crippen molar-refractivity contribution in [3.8, 4) is 5.75 Å². The first-order valence-corrected chi connectivity index (χ1v) is 7.59. The highest BCUT2D eigenvalue weighted by Gasteiger charge is 2.65. The minimum absolute atomic E-state index is 0.261. The summed E-state index contributed by atoms with van der Waals surface area (Å²) in [5.41, 5.74) is 0.970. The number of nitrogens with zero attached hydrogens (tertiary/aromatic N) is 5. The van der Waals surface area contributed by atoms with E-state index < -0.39 is 0 Å². The Kier molecular flexibility index (Phi) is 2.24. The lowest BCUT2D eigenvalue weighted by molar-refractivity contribution is 0.242. The maximum Gasteiger partial charge on any atom is 0.137 e. The molecule has 6 atom stereocenters. The molecule has 108 valence electrons. The van der Waals surface area contributed by atoms with Crippen LogP contribution in [0.3, 0.4) is 0 Å². The molecule has 1 aromatic carbocycles. The van der Waals surface area contributed by atoms with Crippen LogP contribution >= 0.6 is 11.6 Å². The number of fused-ring (bicyclic) bond motifs is 8. The first-order valence-electron chi connectivity index (χ1n) is 7.21. The third-order valence-corrected chi connectivity index (χ3v) is 5.59. The summed E-state index contributed by atoms with van der Waals surface area (Å²) in [5, 5.41) is 20.1. The summed E-state index contributed by atoms with van der Waals surface area (Å²) in [6.07, 6.45) is 1.16. The van der Waals surface area contributed by atoms with Crippen LogP contribution in [0.25, 0.3) is 0 Å². The van der Waals surface area contributed by atoms with Crippen molar-refractivity contribution in [1.82, 2.24) is 0 Å². The van der Waals surface area contributed by atoms with Gasteiger partial charge in [-0.05, 0) is 24.6 Å². The van der Waals surface area contributed by atoms with Crippen LogP contribution in [0.15, 0.2) is 38.8 Å². The average molecular weight is 304 g/mol. The van der Waals surface area contributed by atoms with Crippen LogP contribution < -0.4 is 9.75 Å². The van der Waals surface area contributed by atoms with Gasteiger partial charge >= 0.3 is 0 Å². The summed E-state index contributed by atoms with van der Waals surface area (Å²) < 4.78 is 5.21. The normalized spacial score (nSPS) is 41.1. The number of ether oxygens (including phenoxy) is 1. The molecule has 6 nitrogen and oxygen atoms in total. The fourth-order valence-electron chi connectivity index (χ4n) is 4.36. The van der Waals surface area contributed by atoms with E-state index in [9.17, 15) is 0 Å². The summed E-state index contributed by atoms with van der Waals surface area (Å²) in [6.45, 7) is 0. The van der Waals surface area contributed by atoms with E-state index >= 15 is 0 Å². The first-order chi connectivity index (χ1) is 10.3. The topological polar surface area (TPSA) is 61.9 Å². The summed E-state index contributed by atoms with van der Waals surface area (Å²) in [7, 11) is 1.62. The van der Waals surface area contributed by atoms with Crippen molar-refractivity contribution in [2.75, 3.05) is 12.1 Å². The molecule has 0 amide bonds. The van der Waals surface area contributed by atoms with Gasteiger partial charge in [0.2, 0.25) is 0 Å². The van der Waals surface area contributed by atoms with Gasteiger partial charge in [0.15, 0.2) is 0 Å². The number of methoxy groups -OCH3 is 1. The Morgan fingerprint density at radius 3 is 2.67 bits per heavy atom.